The zero-order valence-electron chi connectivity index (χ0n) is 15.1. The summed E-state index contributed by atoms with van der Waals surface area (Å²) in [6.45, 7) is 0. The minimum Gasteiger partial charge on any atom is -0.344 e. The van der Waals surface area contributed by atoms with Crippen molar-refractivity contribution in [3.8, 4) is 5.69 Å². The van der Waals surface area contributed by atoms with Gasteiger partial charge in [0.15, 0.2) is 0 Å². The molecule has 0 aliphatic carbocycles. The number of halogens is 2. The van der Waals surface area contributed by atoms with Crippen LogP contribution >= 0.6 is 11.6 Å². The van der Waals surface area contributed by atoms with E-state index >= 15 is 0 Å². The highest BCUT2D eigenvalue weighted by Crippen LogP contribution is 2.19. The lowest BCUT2D eigenvalue weighted by Gasteiger charge is -2.07. The Morgan fingerprint density at radius 3 is 2.55 bits per heavy atom. The molecule has 2 aromatic heterocycles. The molecule has 0 radical (unpaired) electrons. The third-order valence-corrected chi connectivity index (χ3v) is 4.67. The van der Waals surface area contributed by atoms with Crippen LogP contribution in [0.3, 0.4) is 0 Å². The number of anilines is 1. The molecule has 4 aromatic rings. The molecule has 0 unspecified atom stereocenters. The zero-order valence-corrected chi connectivity index (χ0v) is 15.8. The second-order valence-electron chi connectivity index (χ2n) is 6.39. The summed E-state index contributed by atoms with van der Waals surface area (Å²) in [4.78, 5) is 40.9. The summed E-state index contributed by atoms with van der Waals surface area (Å²) < 4.78 is 15.5. The Bertz CT molecular complexity index is 1370. The quantitative estimate of drug-likeness (QED) is 0.542. The maximum absolute atomic E-state index is 13.2. The van der Waals surface area contributed by atoms with Crippen molar-refractivity contribution < 1.29 is 9.18 Å². The van der Waals surface area contributed by atoms with E-state index in [0.717, 1.165) is 16.7 Å². The monoisotopic (exact) mass is 412 g/mol. The molecule has 0 bridgehead atoms. The minimum atomic E-state index is -0.739. The average molecular weight is 413 g/mol. The molecule has 2 heterocycles. The van der Waals surface area contributed by atoms with Crippen molar-refractivity contribution in [2.45, 2.75) is 0 Å². The summed E-state index contributed by atoms with van der Waals surface area (Å²) in [5, 5.41) is 3.14. The lowest BCUT2D eigenvalue weighted by Crippen LogP contribution is -2.34. The number of aryl methyl sites for hydroxylation is 1. The van der Waals surface area contributed by atoms with Gasteiger partial charge in [-0.25, -0.2) is 13.8 Å². The number of nitrogens with one attached hydrogen (secondary N) is 2. The molecule has 0 spiro atoms. The fourth-order valence-corrected chi connectivity index (χ4v) is 3.32. The van der Waals surface area contributed by atoms with Crippen LogP contribution in [0.2, 0.25) is 5.02 Å². The summed E-state index contributed by atoms with van der Waals surface area (Å²) in [5.74, 6) is -0.995. The van der Waals surface area contributed by atoms with Gasteiger partial charge in [-0.3, -0.25) is 9.59 Å². The summed E-state index contributed by atoms with van der Waals surface area (Å²) in [6, 6.07) is 11.6. The van der Waals surface area contributed by atoms with E-state index in [1.54, 1.807) is 31.3 Å². The molecule has 2 aromatic carbocycles. The molecule has 0 saturated heterocycles. The van der Waals surface area contributed by atoms with Crippen LogP contribution in [-0.2, 0) is 7.05 Å². The second-order valence-corrected chi connectivity index (χ2v) is 6.83. The Morgan fingerprint density at radius 2 is 1.86 bits per heavy atom. The van der Waals surface area contributed by atoms with E-state index in [2.05, 4.69) is 10.3 Å². The lowest BCUT2D eigenvalue weighted by atomic mass is 10.2. The smallest absolute Gasteiger partial charge is 0.333 e. The summed E-state index contributed by atoms with van der Waals surface area (Å²) in [6.07, 6.45) is 1.46. The maximum Gasteiger partial charge on any atom is 0.333 e. The molecule has 0 fully saturated rings. The maximum atomic E-state index is 13.2. The van der Waals surface area contributed by atoms with Crippen molar-refractivity contribution in [3.05, 3.63) is 92.0 Å². The number of carbonyl (C=O) groups excluding carboxylic acids is 1. The Morgan fingerprint density at radius 1 is 1.14 bits per heavy atom. The van der Waals surface area contributed by atoms with E-state index < -0.39 is 23.0 Å². The standard InChI is InChI=1S/C20H14ClFN4O3/c1-25-10-15(18(27)23-13-4-2-3-11(21)9-13)16-17(25)19(28)26(20(29)24-16)14-7-5-12(22)6-8-14/h2-10H,1H3,(H,23,27)(H,24,29). The largest absolute Gasteiger partial charge is 0.344 e. The van der Waals surface area contributed by atoms with Crippen LogP contribution in [0.4, 0.5) is 10.1 Å². The number of benzene rings is 2. The van der Waals surface area contributed by atoms with Crippen molar-refractivity contribution in [2.24, 2.45) is 7.05 Å². The van der Waals surface area contributed by atoms with Gasteiger partial charge < -0.3 is 14.9 Å². The first-order valence-electron chi connectivity index (χ1n) is 8.52. The highest BCUT2D eigenvalue weighted by Gasteiger charge is 2.20. The fourth-order valence-electron chi connectivity index (χ4n) is 3.13. The topological polar surface area (TPSA) is 88.9 Å². The van der Waals surface area contributed by atoms with Gasteiger partial charge in [-0.2, -0.15) is 0 Å². The van der Waals surface area contributed by atoms with E-state index in [9.17, 15) is 18.8 Å². The molecule has 1 amide bonds. The molecule has 4 rings (SSSR count). The van der Waals surface area contributed by atoms with Crippen molar-refractivity contribution >= 4 is 34.2 Å². The Balaban J connectivity index is 1.84. The third kappa shape index (κ3) is 3.34. The van der Waals surface area contributed by atoms with E-state index in [1.165, 1.54) is 22.9 Å². The van der Waals surface area contributed by atoms with Crippen LogP contribution in [0.15, 0.2) is 64.3 Å². The lowest BCUT2D eigenvalue weighted by molar-refractivity contribution is 0.102. The van der Waals surface area contributed by atoms with Crippen LogP contribution in [0.25, 0.3) is 16.7 Å². The first-order valence-corrected chi connectivity index (χ1v) is 8.90. The Hall–Kier alpha value is -3.65. The molecule has 0 aliphatic rings. The number of H-pyrrole nitrogens is 1. The van der Waals surface area contributed by atoms with E-state index in [-0.39, 0.29) is 22.3 Å². The Kier molecular flexibility index (Phi) is 4.56. The molecule has 0 saturated carbocycles. The predicted molar refractivity (Wildman–Crippen MR) is 108 cm³/mol. The first-order chi connectivity index (χ1) is 13.8. The fraction of sp³-hybridized carbons (Fsp3) is 0.0500. The summed E-state index contributed by atoms with van der Waals surface area (Å²) in [7, 11) is 1.59. The molecule has 0 atom stereocenters. The molecule has 7 nitrogen and oxygen atoms in total. The van der Waals surface area contributed by atoms with Gasteiger partial charge in [-0.15, -0.1) is 0 Å². The van der Waals surface area contributed by atoms with Gasteiger partial charge in [-0.1, -0.05) is 17.7 Å². The normalized spacial score (nSPS) is 11.0. The van der Waals surface area contributed by atoms with Gasteiger partial charge in [0.1, 0.15) is 11.3 Å². The average Bonchev–Trinajstić information content (AvgIpc) is 3.00. The molecule has 0 aliphatic heterocycles. The minimum absolute atomic E-state index is 0.111. The van der Waals surface area contributed by atoms with Gasteiger partial charge in [0.05, 0.1) is 16.8 Å². The van der Waals surface area contributed by atoms with Gasteiger partial charge in [0, 0.05) is 24.0 Å². The van der Waals surface area contributed by atoms with Crippen LogP contribution < -0.4 is 16.6 Å². The third-order valence-electron chi connectivity index (χ3n) is 4.43. The predicted octanol–water partition coefficient (Wildman–Crippen LogP) is 3.06. The molecule has 9 heteroatoms. The summed E-state index contributed by atoms with van der Waals surface area (Å²) >= 11 is 5.93. The molecular formula is C20H14ClFN4O3. The van der Waals surface area contributed by atoms with Gasteiger partial charge in [-0.05, 0) is 42.5 Å². The first kappa shape index (κ1) is 18.7. The number of aromatic nitrogens is 3. The van der Waals surface area contributed by atoms with Crippen LogP contribution in [0, 0.1) is 5.82 Å². The molecule has 146 valence electrons. The van der Waals surface area contributed by atoms with Crippen molar-refractivity contribution in [1.29, 1.82) is 0 Å². The molecule has 29 heavy (non-hydrogen) atoms. The number of amides is 1. The number of nitrogens with zero attached hydrogens (tertiary/aromatic N) is 2. The van der Waals surface area contributed by atoms with Crippen molar-refractivity contribution in [1.82, 2.24) is 14.1 Å². The number of rotatable bonds is 3. The van der Waals surface area contributed by atoms with E-state index in [1.807, 2.05) is 0 Å². The number of aromatic amines is 1. The van der Waals surface area contributed by atoms with Crippen LogP contribution in [-0.4, -0.2) is 20.0 Å². The molecular weight excluding hydrogens is 399 g/mol. The highest BCUT2D eigenvalue weighted by atomic mass is 35.5. The van der Waals surface area contributed by atoms with E-state index in [4.69, 9.17) is 11.6 Å². The molecule has 2 N–H and O–H groups in total. The van der Waals surface area contributed by atoms with Crippen molar-refractivity contribution in [3.63, 3.8) is 0 Å². The SMILES string of the molecule is Cn1cc(C(=O)Nc2cccc(Cl)c2)c2[nH]c(=O)n(-c3ccc(F)cc3)c(=O)c21. The van der Waals surface area contributed by atoms with Crippen LogP contribution in [0.1, 0.15) is 10.4 Å². The summed E-state index contributed by atoms with van der Waals surface area (Å²) in [5.41, 5.74) is -0.308. The van der Waals surface area contributed by atoms with Gasteiger partial charge in [0.25, 0.3) is 11.5 Å². The van der Waals surface area contributed by atoms with E-state index in [0.29, 0.717) is 10.7 Å². The van der Waals surface area contributed by atoms with Gasteiger partial charge in [0.2, 0.25) is 0 Å². The number of hydrogen-bond acceptors (Lipinski definition) is 3. The Labute approximate surface area is 168 Å². The number of fused-ring (bicyclic) bond motifs is 1. The second kappa shape index (κ2) is 7.06. The number of hydrogen-bond donors (Lipinski definition) is 2. The van der Waals surface area contributed by atoms with Gasteiger partial charge >= 0.3 is 5.69 Å². The zero-order chi connectivity index (χ0) is 20.7. The number of carbonyl (C=O) groups is 1. The highest BCUT2D eigenvalue weighted by molar-refractivity contribution is 6.31. The van der Waals surface area contributed by atoms with Crippen molar-refractivity contribution in [2.75, 3.05) is 5.32 Å². The van der Waals surface area contributed by atoms with Crippen LogP contribution in [0.5, 0.6) is 0 Å².